The molecule has 0 spiro atoms. The van der Waals surface area contributed by atoms with Crippen LogP contribution in [-0.2, 0) is 6.42 Å². The van der Waals surface area contributed by atoms with Gasteiger partial charge in [0.1, 0.15) is 5.75 Å². The smallest absolute Gasteiger partial charge is 0.115 e. The maximum absolute atomic E-state index is 9.27. The van der Waals surface area contributed by atoms with Gasteiger partial charge in [0.2, 0.25) is 0 Å². The summed E-state index contributed by atoms with van der Waals surface area (Å²) in [6.45, 7) is 2.26. The van der Waals surface area contributed by atoms with E-state index in [4.69, 9.17) is 0 Å². The molecule has 12 heavy (non-hydrogen) atoms. The Morgan fingerprint density at radius 1 is 1.42 bits per heavy atom. The number of aryl methyl sites for hydroxylation is 1. The normalized spacial score (nSPS) is 21.9. The first-order chi connectivity index (χ1) is 5.77. The van der Waals surface area contributed by atoms with E-state index in [-0.39, 0.29) is 0 Å². The zero-order chi connectivity index (χ0) is 8.55. The zero-order valence-corrected chi connectivity index (χ0v) is 7.38. The second-order valence-corrected chi connectivity index (χ2v) is 3.68. The Morgan fingerprint density at radius 3 is 3.08 bits per heavy atom. The summed E-state index contributed by atoms with van der Waals surface area (Å²) in [5.74, 6) is 1.08. The lowest BCUT2D eigenvalue weighted by atomic mass is 9.84. The molecule has 0 unspecified atom stereocenters. The standard InChI is InChI=1S/C11H14O/c1-8-3-2-4-9-7-10(12)5-6-11(8)9/h5-8,12H,2-4H2,1H3/t8-/m1/s1. The molecule has 0 bridgehead atoms. The minimum Gasteiger partial charge on any atom is -0.508 e. The van der Waals surface area contributed by atoms with Gasteiger partial charge in [0.25, 0.3) is 0 Å². The van der Waals surface area contributed by atoms with Crippen molar-refractivity contribution in [1.82, 2.24) is 0 Å². The van der Waals surface area contributed by atoms with E-state index in [1.165, 1.54) is 24.0 Å². The van der Waals surface area contributed by atoms with Crippen LogP contribution in [0.2, 0.25) is 0 Å². The van der Waals surface area contributed by atoms with E-state index in [0.29, 0.717) is 11.7 Å². The predicted octanol–water partition coefficient (Wildman–Crippen LogP) is 2.83. The molecule has 0 saturated carbocycles. The van der Waals surface area contributed by atoms with Crippen LogP contribution < -0.4 is 0 Å². The maximum Gasteiger partial charge on any atom is 0.115 e. The third kappa shape index (κ3) is 1.20. The van der Waals surface area contributed by atoms with Gasteiger partial charge in [-0.3, -0.25) is 0 Å². The maximum atomic E-state index is 9.27. The topological polar surface area (TPSA) is 20.2 Å². The quantitative estimate of drug-likeness (QED) is 0.622. The lowest BCUT2D eigenvalue weighted by molar-refractivity contribution is 0.472. The van der Waals surface area contributed by atoms with E-state index in [1.807, 2.05) is 6.07 Å². The highest BCUT2D eigenvalue weighted by molar-refractivity contribution is 5.38. The summed E-state index contributed by atoms with van der Waals surface area (Å²) in [6.07, 6.45) is 3.68. The molecule has 1 N–H and O–H groups in total. The lowest BCUT2D eigenvalue weighted by Crippen LogP contribution is -2.06. The third-order valence-electron chi connectivity index (χ3n) is 2.74. The van der Waals surface area contributed by atoms with Crippen LogP contribution in [0.1, 0.15) is 36.8 Å². The molecular weight excluding hydrogens is 148 g/mol. The molecular formula is C11H14O. The SMILES string of the molecule is C[C@@H]1CCCc2cc(O)ccc21. The average Bonchev–Trinajstić information content (AvgIpc) is 2.04. The number of phenols is 1. The van der Waals surface area contributed by atoms with Crippen LogP contribution in [0.4, 0.5) is 0 Å². The highest BCUT2D eigenvalue weighted by atomic mass is 16.3. The first-order valence-corrected chi connectivity index (χ1v) is 4.59. The predicted molar refractivity (Wildman–Crippen MR) is 49.5 cm³/mol. The van der Waals surface area contributed by atoms with Crippen molar-refractivity contribution in [2.24, 2.45) is 0 Å². The monoisotopic (exact) mass is 162 g/mol. The van der Waals surface area contributed by atoms with Gasteiger partial charge in [-0.25, -0.2) is 0 Å². The first kappa shape index (κ1) is 7.66. The molecule has 64 valence electrons. The number of fused-ring (bicyclic) bond motifs is 1. The van der Waals surface area contributed by atoms with Gasteiger partial charge >= 0.3 is 0 Å². The van der Waals surface area contributed by atoms with Gasteiger partial charge in [-0.15, -0.1) is 0 Å². The number of rotatable bonds is 0. The second kappa shape index (κ2) is 2.81. The van der Waals surface area contributed by atoms with Gasteiger partial charge in [-0.1, -0.05) is 13.0 Å². The van der Waals surface area contributed by atoms with Crippen LogP contribution in [0.5, 0.6) is 5.75 Å². The molecule has 1 aliphatic carbocycles. The van der Waals surface area contributed by atoms with Gasteiger partial charge in [0.15, 0.2) is 0 Å². The molecule has 1 aliphatic rings. The molecule has 0 aliphatic heterocycles. The minimum atomic E-state index is 0.405. The van der Waals surface area contributed by atoms with Crippen LogP contribution in [0, 0.1) is 0 Å². The van der Waals surface area contributed by atoms with Crippen LogP contribution in [0.15, 0.2) is 18.2 Å². The van der Waals surface area contributed by atoms with Crippen molar-refractivity contribution >= 4 is 0 Å². The summed E-state index contributed by atoms with van der Waals surface area (Å²) >= 11 is 0. The molecule has 2 rings (SSSR count). The number of hydrogen-bond donors (Lipinski definition) is 1. The van der Waals surface area contributed by atoms with Crippen LogP contribution >= 0.6 is 0 Å². The molecule has 0 fully saturated rings. The summed E-state index contributed by atoms with van der Waals surface area (Å²) in [4.78, 5) is 0. The number of phenolic OH excluding ortho intramolecular Hbond substituents is 1. The largest absolute Gasteiger partial charge is 0.508 e. The Balaban J connectivity index is 2.46. The van der Waals surface area contributed by atoms with E-state index >= 15 is 0 Å². The highest BCUT2D eigenvalue weighted by Crippen LogP contribution is 2.32. The van der Waals surface area contributed by atoms with Crippen LogP contribution in [0.25, 0.3) is 0 Å². The van der Waals surface area contributed by atoms with E-state index in [1.54, 1.807) is 6.07 Å². The zero-order valence-electron chi connectivity index (χ0n) is 7.38. The number of hydrogen-bond acceptors (Lipinski definition) is 1. The van der Waals surface area contributed by atoms with Gasteiger partial charge in [-0.05, 0) is 48.4 Å². The number of aromatic hydroxyl groups is 1. The van der Waals surface area contributed by atoms with Crippen molar-refractivity contribution in [3.63, 3.8) is 0 Å². The second-order valence-electron chi connectivity index (χ2n) is 3.68. The molecule has 0 radical (unpaired) electrons. The first-order valence-electron chi connectivity index (χ1n) is 4.59. The van der Waals surface area contributed by atoms with Crippen molar-refractivity contribution < 1.29 is 5.11 Å². The fraction of sp³-hybridized carbons (Fsp3) is 0.455. The van der Waals surface area contributed by atoms with Gasteiger partial charge in [0, 0.05) is 0 Å². The Morgan fingerprint density at radius 2 is 2.25 bits per heavy atom. The Labute approximate surface area is 73.0 Å². The van der Waals surface area contributed by atoms with Gasteiger partial charge < -0.3 is 5.11 Å². The van der Waals surface area contributed by atoms with Crippen molar-refractivity contribution in [3.05, 3.63) is 29.3 Å². The molecule has 0 saturated heterocycles. The molecule has 1 atom stereocenters. The van der Waals surface area contributed by atoms with E-state index in [0.717, 1.165) is 6.42 Å². The summed E-state index contributed by atoms with van der Waals surface area (Å²) in [5.41, 5.74) is 2.77. The minimum absolute atomic E-state index is 0.405. The fourth-order valence-electron chi connectivity index (χ4n) is 2.04. The van der Waals surface area contributed by atoms with E-state index in [2.05, 4.69) is 13.0 Å². The highest BCUT2D eigenvalue weighted by Gasteiger charge is 2.15. The van der Waals surface area contributed by atoms with Crippen molar-refractivity contribution in [3.8, 4) is 5.75 Å². The third-order valence-corrected chi connectivity index (χ3v) is 2.74. The average molecular weight is 162 g/mol. The van der Waals surface area contributed by atoms with E-state index < -0.39 is 0 Å². The summed E-state index contributed by atoms with van der Waals surface area (Å²) in [5, 5.41) is 9.27. The lowest BCUT2D eigenvalue weighted by Gasteiger charge is -2.21. The van der Waals surface area contributed by atoms with Gasteiger partial charge in [0.05, 0.1) is 0 Å². The Hall–Kier alpha value is -0.980. The molecule has 1 nitrogen and oxygen atoms in total. The van der Waals surface area contributed by atoms with Crippen molar-refractivity contribution in [1.29, 1.82) is 0 Å². The Kier molecular flexibility index (Phi) is 1.80. The fourth-order valence-corrected chi connectivity index (χ4v) is 2.04. The summed E-state index contributed by atoms with van der Waals surface area (Å²) in [7, 11) is 0. The summed E-state index contributed by atoms with van der Waals surface area (Å²) < 4.78 is 0. The van der Waals surface area contributed by atoms with Crippen molar-refractivity contribution in [2.75, 3.05) is 0 Å². The van der Waals surface area contributed by atoms with E-state index in [9.17, 15) is 5.11 Å². The van der Waals surface area contributed by atoms with Gasteiger partial charge in [-0.2, -0.15) is 0 Å². The van der Waals surface area contributed by atoms with Crippen LogP contribution in [0.3, 0.4) is 0 Å². The molecule has 0 heterocycles. The molecule has 0 amide bonds. The molecule has 1 heteroatoms. The Bertz CT molecular complexity index is 291. The summed E-state index contributed by atoms with van der Waals surface area (Å²) in [6, 6.07) is 5.76. The number of benzene rings is 1. The molecule has 1 aromatic carbocycles. The molecule has 1 aromatic rings. The van der Waals surface area contributed by atoms with Crippen molar-refractivity contribution in [2.45, 2.75) is 32.1 Å². The molecule has 0 aromatic heterocycles. The van der Waals surface area contributed by atoms with Crippen LogP contribution in [-0.4, -0.2) is 5.11 Å².